The fourth-order valence-corrected chi connectivity index (χ4v) is 2.83. The lowest BCUT2D eigenvalue weighted by molar-refractivity contribution is -0.120. The number of imidazole rings is 1. The van der Waals surface area contributed by atoms with Crippen LogP contribution in [0.4, 0.5) is 0 Å². The van der Waals surface area contributed by atoms with E-state index >= 15 is 0 Å². The van der Waals surface area contributed by atoms with Gasteiger partial charge < -0.3 is 9.88 Å². The van der Waals surface area contributed by atoms with E-state index in [1.165, 1.54) is 5.56 Å². The maximum atomic E-state index is 11.4. The number of nitrogens with one attached hydrogen (secondary N) is 1. The number of nitrogens with zero attached hydrogens (tertiary/aromatic N) is 2. The number of rotatable bonds is 6. The molecule has 1 aromatic heterocycles. The number of carbonyl (C=O) groups is 1. The highest BCUT2D eigenvalue weighted by atomic mass is 35.5. The van der Waals surface area contributed by atoms with E-state index in [-0.39, 0.29) is 5.91 Å². The van der Waals surface area contributed by atoms with Crippen molar-refractivity contribution in [3.05, 3.63) is 64.9 Å². The maximum Gasteiger partial charge on any atom is 0.219 e. The smallest absolute Gasteiger partial charge is 0.219 e. The normalized spacial score (nSPS) is 10.9. The second-order valence-corrected chi connectivity index (χ2v) is 6.12. The molecule has 0 spiro atoms. The molecule has 0 atom stereocenters. The van der Waals surface area contributed by atoms with Crippen molar-refractivity contribution in [2.24, 2.45) is 0 Å². The molecule has 3 aromatic rings. The van der Waals surface area contributed by atoms with Gasteiger partial charge in [-0.1, -0.05) is 42.8 Å². The highest BCUT2D eigenvalue weighted by Crippen LogP contribution is 2.19. The van der Waals surface area contributed by atoms with Crippen molar-refractivity contribution in [2.75, 3.05) is 6.54 Å². The standard InChI is InChI=1S/C19H20ClN3O/c1-2-19(24)21-12-11-18-22-16-5-3-4-6-17(16)23(18)13-14-7-9-15(20)10-8-14/h3-10H,2,11-13H2,1H3,(H,21,24). The lowest BCUT2D eigenvalue weighted by Crippen LogP contribution is -2.25. The Kier molecular flexibility index (Phi) is 5.16. The van der Waals surface area contributed by atoms with Gasteiger partial charge in [-0.15, -0.1) is 0 Å². The minimum Gasteiger partial charge on any atom is -0.356 e. The Balaban J connectivity index is 1.87. The molecule has 0 fully saturated rings. The third kappa shape index (κ3) is 3.77. The van der Waals surface area contributed by atoms with E-state index in [1.807, 2.05) is 49.4 Å². The molecule has 0 aliphatic rings. The largest absolute Gasteiger partial charge is 0.356 e. The number of benzene rings is 2. The van der Waals surface area contributed by atoms with Gasteiger partial charge in [0.1, 0.15) is 5.82 Å². The molecule has 124 valence electrons. The predicted molar refractivity (Wildman–Crippen MR) is 97.3 cm³/mol. The van der Waals surface area contributed by atoms with Crippen molar-refractivity contribution in [2.45, 2.75) is 26.3 Å². The molecular weight excluding hydrogens is 322 g/mol. The van der Waals surface area contributed by atoms with Crippen molar-refractivity contribution < 1.29 is 4.79 Å². The Morgan fingerprint density at radius 3 is 2.67 bits per heavy atom. The second kappa shape index (κ2) is 7.49. The number of halogens is 1. The van der Waals surface area contributed by atoms with Crippen LogP contribution in [0.25, 0.3) is 11.0 Å². The predicted octanol–water partition coefficient (Wildman–Crippen LogP) is 3.81. The van der Waals surface area contributed by atoms with Crippen LogP contribution in [0.5, 0.6) is 0 Å². The summed E-state index contributed by atoms with van der Waals surface area (Å²) in [5.74, 6) is 1.04. The highest BCUT2D eigenvalue weighted by Gasteiger charge is 2.11. The van der Waals surface area contributed by atoms with Gasteiger partial charge in [0.25, 0.3) is 0 Å². The number of aromatic nitrogens is 2. The van der Waals surface area contributed by atoms with Crippen LogP contribution in [0, 0.1) is 0 Å². The van der Waals surface area contributed by atoms with Gasteiger partial charge in [0.15, 0.2) is 0 Å². The Morgan fingerprint density at radius 2 is 1.92 bits per heavy atom. The number of fused-ring (bicyclic) bond motifs is 1. The molecule has 24 heavy (non-hydrogen) atoms. The Morgan fingerprint density at radius 1 is 1.17 bits per heavy atom. The number of para-hydroxylation sites is 2. The molecule has 0 aliphatic heterocycles. The minimum absolute atomic E-state index is 0.0652. The first-order valence-corrected chi connectivity index (χ1v) is 8.50. The van der Waals surface area contributed by atoms with Gasteiger partial charge >= 0.3 is 0 Å². The molecule has 1 amide bonds. The van der Waals surface area contributed by atoms with Gasteiger partial charge in [-0.25, -0.2) is 4.98 Å². The van der Waals surface area contributed by atoms with Crippen molar-refractivity contribution >= 4 is 28.5 Å². The van der Waals surface area contributed by atoms with Crippen LogP contribution >= 0.6 is 11.6 Å². The zero-order valence-electron chi connectivity index (χ0n) is 13.6. The second-order valence-electron chi connectivity index (χ2n) is 5.68. The van der Waals surface area contributed by atoms with Gasteiger partial charge in [-0.2, -0.15) is 0 Å². The van der Waals surface area contributed by atoms with E-state index in [0.29, 0.717) is 19.4 Å². The van der Waals surface area contributed by atoms with E-state index in [9.17, 15) is 4.79 Å². The van der Waals surface area contributed by atoms with E-state index in [1.54, 1.807) is 0 Å². The molecule has 1 heterocycles. The lowest BCUT2D eigenvalue weighted by atomic mass is 10.2. The number of carbonyl (C=O) groups excluding carboxylic acids is 1. The van der Waals surface area contributed by atoms with Crippen molar-refractivity contribution in [1.82, 2.24) is 14.9 Å². The summed E-state index contributed by atoms with van der Waals surface area (Å²) in [6.45, 7) is 3.18. The van der Waals surface area contributed by atoms with Crippen LogP contribution < -0.4 is 5.32 Å². The lowest BCUT2D eigenvalue weighted by Gasteiger charge is -2.10. The van der Waals surface area contributed by atoms with E-state index in [4.69, 9.17) is 16.6 Å². The first-order valence-electron chi connectivity index (χ1n) is 8.12. The molecule has 0 saturated carbocycles. The molecule has 0 saturated heterocycles. The van der Waals surface area contributed by atoms with Crippen molar-refractivity contribution in [3.8, 4) is 0 Å². The topological polar surface area (TPSA) is 46.9 Å². The minimum atomic E-state index is 0.0652. The van der Waals surface area contributed by atoms with Gasteiger partial charge in [0.2, 0.25) is 5.91 Å². The van der Waals surface area contributed by atoms with Gasteiger partial charge in [0, 0.05) is 31.0 Å². The van der Waals surface area contributed by atoms with Crippen LogP contribution in [0.3, 0.4) is 0 Å². The maximum absolute atomic E-state index is 11.4. The van der Waals surface area contributed by atoms with Crippen LogP contribution in [0.15, 0.2) is 48.5 Å². The van der Waals surface area contributed by atoms with Crippen LogP contribution in [-0.4, -0.2) is 22.0 Å². The zero-order valence-corrected chi connectivity index (χ0v) is 14.4. The summed E-state index contributed by atoms with van der Waals surface area (Å²) < 4.78 is 2.21. The van der Waals surface area contributed by atoms with Gasteiger partial charge in [-0.05, 0) is 29.8 Å². The first-order chi connectivity index (χ1) is 11.7. The van der Waals surface area contributed by atoms with E-state index < -0.39 is 0 Å². The summed E-state index contributed by atoms with van der Waals surface area (Å²) >= 11 is 5.97. The molecule has 0 aliphatic carbocycles. The molecule has 3 rings (SSSR count). The first kappa shape index (κ1) is 16.5. The third-order valence-electron chi connectivity index (χ3n) is 3.98. The van der Waals surface area contributed by atoms with Crippen LogP contribution in [0.1, 0.15) is 24.7 Å². The quantitative estimate of drug-likeness (QED) is 0.741. The number of amides is 1. The highest BCUT2D eigenvalue weighted by molar-refractivity contribution is 6.30. The number of hydrogen-bond donors (Lipinski definition) is 1. The fraction of sp³-hybridized carbons (Fsp3) is 0.263. The molecule has 5 heteroatoms. The molecule has 0 bridgehead atoms. The monoisotopic (exact) mass is 341 g/mol. The average Bonchev–Trinajstić information content (AvgIpc) is 2.94. The van der Waals surface area contributed by atoms with Crippen LogP contribution in [-0.2, 0) is 17.8 Å². The molecule has 1 N–H and O–H groups in total. The van der Waals surface area contributed by atoms with Crippen LogP contribution in [0.2, 0.25) is 5.02 Å². The SMILES string of the molecule is CCC(=O)NCCc1nc2ccccc2n1Cc1ccc(Cl)cc1. The van der Waals surface area contributed by atoms with E-state index in [2.05, 4.69) is 16.0 Å². The summed E-state index contributed by atoms with van der Waals surface area (Å²) in [6.07, 6.45) is 1.20. The van der Waals surface area contributed by atoms with Crippen molar-refractivity contribution in [1.29, 1.82) is 0 Å². The average molecular weight is 342 g/mol. The van der Waals surface area contributed by atoms with Gasteiger partial charge in [0.05, 0.1) is 11.0 Å². The molecule has 0 unspecified atom stereocenters. The Bertz CT molecular complexity index is 839. The third-order valence-corrected chi connectivity index (χ3v) is 4.23. The van der Waals surface area contributed by atoms with E-state index in [0.717, 1.165) is 28.4 Å². The molecular formula is C19H20ClN3O. The summed E-state index contributed by atoms with van der Waals surface area (Å²) in [6, 6.07) is 16.0. The molecule has 0 radical (unpaired) electrons. The molecule has 4 nitrogen and oxygen atoms in total. The summed E-state index contributed by atoms with van der Waals surface area (Å²) in [5.41, 5.74) is 3.24. The molecule has 2 aromatic carbocycles. The fourth-order valence-electron chi connectivity index (χ4n) is 2.70. The summed E-state index contributed by atoms with van der Waals surface area (Å²) in [7, 11) is 0. The van der Waals surface area contributed by atoms with Crippen molar-refractivity contribution in [3.63, 3.8) is 0 Å². The zero-order chi connectivity index (χ0) is 16.9. The summed E-state index contributed by atoms with van der Waals surface area (Å²) in [5, 5.41) is 3.65. The van der Waals surface area contributed by atoms with Gasteiger partial charge in [-0.3, -0.25) is 4.79 Å². The summed E-state index contributed by atoms with van der Waals surface area (Å²) in [4.78, 5) is 16.2. The number of hydrogen-bond acceptors (Lipinski definition) is 2. The Hall–Kier alpha value is -2.33. The Labute approximate surface area is 146 Å².